The van der Waals surface area contributed by atoms with Crippen molar-refractivity contribution in [2.75, 3.05) is 14.2 Å². The van der Waals surface area contributed by atoms with E-state index in [9.17, 15) is 4.39 Å². The van der Waals surface area contributed by atoms with E-state index < -0.39 is 0 Å². The van der Waals surface area contributed by atoms with Crippen molar-refractivity contribution in [1.29, 1.82) is 0 Å². The Morgan fingerprint density at radius 2 is 2.11 bits per heavy atom. The molecule has 2 rings (SSSR count). The van der Waals surface area contributed by atoms with Gasteiger partial charge < -0.3 is 10.1 Å². The average molecular weight is 260 g/mol. The molecule has 1 atom stereocenters. The summed E-state index contributed by atoms with van der Waals surface area (Å²) in [7, 11) is 3.45. The smallest absolute Gasteiger partial charge is 0.146 e. The molecule has 1 N–H and O–H groups in total. The van der Waals surface area contributed by atoms with Crippen molar-refractivity contribution >= 4 is 0 Å². The second-order valence-corrected chi connectivity index (χ2v) is 4.35. The fourth-order valence-corrected chi connectivity index (χ4v) is 2.20. The van der Waals surface area contributed by atoms with Gasteiger partial charge in [-0.1, -0.05) is 12.1 Å². The van der Waals surface area contributed by atoms with Gasteiger partial charge in [0.1, 0.15) is 11.6 Å². The van der Waals surface area contributed by atoms with Crippen molar-refractivity contribution in [3.8, 4) is 5.75 Å². The monoisotopic (exact) mass is 260 g/mol. The van der Waals surface area contributed by atoms with Gasteiger partial charge in [0.2, 0.25) is 0 Å². The summed E-state index contributed by atoms with van der Waals surface area (Å²) in [6, 6.07) is 7.32. The first-order valence-corrected chi connectivity index (χ1v) is 6.08. The third-order valence-electron chi connectivity index (χ3n) is 3.16. The van der Waals surface area contributed by atoms with Crippen molar-refractivity contribution in [2.45, 2.75) is 13.0 Å². The van der Waals surface area contributed by atoms with Crippen LogP contribution < -0.4 is 10.1 Å². The fourth-order valence-electron chi connectivity index (χ4n) is 2.20. The van der Waals surface area contributed by atoms with Crippen molar-refractivity contribution in [1.82, 2.24) is 10.3 Å². The normalized spacial score (nSPS) is 12.2. The molecule has 0 spiro atoms. The van der Waals surface area contributed by atoms with Crippen LogP contribution in [-0.4, -0.2) is 19.1 Å². The Bertz CT molecular complexity index is 572. The van der Waals surface area contributed by atoms with Gasteiger partial charge in [-0.3, -0.25) is 4.98 Å². The van der Waals surface area contributed by atoms with E-state index in [1.165, 1.54) is 6.20 Å². The van der Waals surface area contributed by atoms with Crippen molar-refractivity contribution in [2.24, 2.45) is 0 Å². The highest BCUT2D eigenvalue weighted by molar-refractivity contribution is 5.40. The minimum Gasteiger partial charge on any atom is -0.496 e. The number of benzene rings is 1. The van der Waals surface area contributed by atoms with E-state index >= 15 is 0 Å². The molecule has 2 aromatic rings. The lowest BCUT2D eigenvalue weighted by molar-refractivity contribution is 0.411. The summed E-state index contributed by atoms with van der Waals surface area (Å²) < 4.78 is 19.1. The highest BCUT2D eigenvalue weighted by Crippen LogP contribution is 2.27. The number of rotatable bonds is 4. The van der Waals surface area contributed by atoms with E-state index in [1.54, 1.807) is 19.4 Å². The zero-order chi connectivity index (χ0) is 13.8. The SMILES string of the molecule is CNC(c1ccc(OC)c(C)c1)c1ccncc1F. The van der Waals surface area contributed by atoms with Crippen molar-refractivity contribution < 1.29 is 9.13 Å². The molecule has 0 saturated heterocycles. The number of pyridine rings is 1. The Hall–Kier alpha value is -1.94. The van der Waals surface area contributed by atoms with Gasteiger partial charge in [-0.2, -0.15) is 0 Å². The van der Waals surface area contributed by atoms with Crippen LogP contribution in [-0.2, 0) is 0 Å². The van der Waals surface area contributed by atoms with Crippen LogP contribution in [0.3, 0.4) is 0 Å². The average Bonchev–Trinajstić information content (AvgIpc) is 2.42. The molecule has 0 saturated carbocycles. The fraction of sp³-hybridized carbons (Fsp3) is 0.267. The first-order chi connectivity index (χ1) is 9.17. The quantitative estimate of drug-likeness (QED) is 0.918. The Morgan fingerprint density at radius 3 is 2.68 bits per heavy atom. The number of nitrogens with one attached hydrogen (secondary N) is 1. The summed E-state index contributed by atoms with van der Waals surface area (Å²) in [5.41, 5.74) is 2.60. The molecule has 0 aliphatic heterocycles. The van der Waals surface area contributed by atoms with Gasteiger partial charge in [-0.05, 0) is 37.2 Å². The summed E-state index contributed by atoms with van der Waals surface area (Å²) in [6.07, 6.45) is 2.83. The Balaban J connectivity index is 2.43. The summed E-state index contributed by atoms with van der Waals surface area (Å²) in [6.45, 7) is 1.97. The van der Waals surface area contributed by atoms with Crippen LogP contribution in [0, 0.1) is 12.7 Å². The molecule has 3 nitrogen and oxygen atoms in total. The molecule has 1 aromatic carbocycles. The maximum absolute atomic E-state index is 13.8. The largest absolute Gasteiger partial charge is 0.496 e. The lowest BCUT2D eigenvalue weighted by Gasteiger charge is -2.19. The summed E-state index contributed by atoms with van der Waals surface area (Å²) in [4.78, 5) is 3.78. The maximum atomic E-state index is 13.8. The molecular formula is C15H17FN2O. The van der Waals surface area contributed by atoms with Crippen LogP contribution in [0.2, 0.25) is 0 Å². The topological polar surface area (TPSA) is 34.1 Å². The van der Waals surface area contributed by atoms with E-state index in [0.29, 0.717) is 5.56 Å². The minimum absolute atomic E-state index is 0.201. The van der Waals surface area contributed by atoms with Crippen LogP contribution in [0.1, 0.15) is 22.7 Å². The van der Waals surface area contributed by atoms with E-state index in [0.717, 1.165) is 16.9 Å². The maximum Gasteiger partial charge on any atom is 0.146 e. The first-order valence-electron chi connectivity index (χ1n) is 6.08. The highest BCUT2D eigenvalue weighted by Gasteiger charge is 2.16. The Morgan fingerprint density at radius 1 is 1.32 bits per heavy atom. The molecular weight excluding hydrogens is 243 g/mol. The molecule has 1 unspecified atom stereocenters. The second-order valence-electron chi connectivity index (χ2n) is 4.35. The molecule has 1 aromatic heterocycles. The van der Waals surface area contributed by atoms with Gasteiger partial charge in [-0.15, -0.1) is 0 Å². The van der Waals surface area contributed by atoms with Gasteiger partial charge in [0, 0.05) is 11.8 Å². The minimum atomic E-state index is -0.310. The van der Waals surface area contributed by atoms with Gasteiger partial charge in [0.15, 0.2) is 0 Å². The molecule has 19 heavy (non-hydrogen) atoms. The van der Waals surface area contributed by atoms with Crippen molar-refractivity contribution in [3.05, 3.63) is 59.2 Å². The third-order valence-corrected chi connectivity index (χ3v) is 3.16. The number of ether oxygens (including phenoxy) is 1. The van der Waals surface area contributed by atoms with E-state index in [-0.39, 0.29) is 11.9 Å². The standard InChI is InChI=1S/C15H17FN2O/c1-10-8-11(4-5-14(10)19-3)15(17-2)12-6-7-18-9-13(12)16/h4-9,15,17H,1-3H3. The molecule has 0 aliphatic rings. The summed E-state index contributed by atoms with van der Waals surface area (Å²) in [5.74, 6) is 0.518. The molecule has 0 radical (unpaired) electrons. The van der Waals surface area contributed by atoms with Crippen molar-refractivity contribution in [3.63, 3.8) is 0 Å². The second kappa shape index (κ2) is 5.80. The number of aryl methyl sites for hydroxylation is 1. The van der Waals surface area contributed by atoms with E-state index in [2.05, 4.69) is 10.3 Å². The lowest BCUT2D eigenvalue weighted by Crippen LogP contribution is -2.19. The van der Waals surface area contributed by atoms with Crippen LogP contribution in [0.5, 0.6) is 5.75 Å². The number of hydrogen-bond acceptors (Lipinski definition) is 3. The molecule has 0 amide bonds. The number of methoxy groups -OCH3 is 1. The van der Waals surface area contributed by atoms with E-state index in [4.69, 9.17) is 4.74 Å². The molecule has 0 aliphatic carbocycles. The predicted molar refractivity (Wildman–Crippen MR) is 72.8 cm³/mol. The van der Waals surface area contributed by atoms with Gasteiger partial charge in [0.25, 0.3) is 0 Å². The van der Waals surface area contributed by atoms with Gasteiger partial charge >= 0.3 is 0 Å². The zero-order valence-electron chi connectivity index (χ0n) is 11.3. The van der Waals surface area contributed by atoms with Crippen LogP contribution >= 0.6 is 0 Å². The molecule has 0 bridgehead atoms. The summed E-state index contributed by atoms with van der Waals surface area (Å²) >= 11 is 0. The molecule has 1 heterocycles. The molecule has 4 heteroatoms. The number of halogens is 1. The van der Waals surface area contributed by atoms with Crippen LogP contribution in [0.15, 0.2) is 36.7 Å². The zero-order valence-corrected chi connectivity index (χ0v) is 11.3. The molecule has 0 fully saturated rings. The molecule has 100 valence electrons. The number of hydrogen-bond donors (Lipinski definition) is 1. The van der Waals surface area contributed by atoms with Crippen LogP contribution in [0.4, 0.5) is 4.39 Å². The lowest BCUT2D eigenvalue weighted by atomic mass is 9.97. The third kappa shape index (κ3) is 2.74. The predicted octanol–water partition coefficient (Wildman–Crippen LogP) is 2.85. The highest BCUT2D eigenvalue weighted by atomic mass is 19.1. The first kappa shape index (κ1) is 13.5. The van der Waals surface area contributed by atoms with E-state index in [1.807, 2.05) is 32.2 Å². The number of aromatic nitrogens is 1. The van der Waals surface area contributed by atoms with Gasteiger partial charge in [-0.25, -0.2) is 4.39 Å². The number of nitrogens with zero attached hydrogens (tertiary/aromatic N) is 1. The Labute approximate surface area is 112 Å². The van der Waals surface area contributed by atoms with Gasteiger partial charge in [0.05, 0.1) is 19.3 Å². The summed E-state index contributed by atoms with van der Waals surface area (Å²) in [5, 5.41) is 3.13. The Kier molecular flexibility index (Phi) is 4.12. The van der Waals surface area contributed by atoms with Crippen LogP contribution in [0.25, 0.3) is 0 Å².